The van der Waals surface area contributed by atoms with Gasteiger partial charge < -0.3 is 14.6 Å². The summed E-state index contributed by atoms with van der Waals surface area (Å²) < 4.78 is 5.46. The number of nitrogens with one attached hydrogen (secondary N) is 1. The maximum absolute atomic E-state index is 5.46. The van der Waals surface area contributed by atoms with Gasteiger partial charge in [-0.15, -0.1) is 0 Å². The average molecular weight is 369 g/mol. The molecule has 1 saturated heterocycles. The number of guanidine groups is 1. The van der Waals surface area contributed by atoms with Crippen molar-refractivity contribution in [1.29, 1.82) is 0 Å². The van der Waals surface area contributed by atoms with E-state index in [9.17, 15) is 0 Å². The fraction of sp³-hybridized carbons (Fsp3) is 0.500. The summed E-state index contributed by atoms with van der Waals surface area (Å²) >= 11 is 0. The summed E-state index contributed by atoms with van der Waals surface area (Å²) in [4.78, 5) is 9.14. The second kappa shape index (κ2) is 8.61. The van der Waals surface area contributed by atoms with E-state index < -0.39 is 0 Å². The molecule has 5 heteroatoms. The van der Waals surface area contributed by atoms with E-state index in [1.54, 1.807) is 6.26 Å². The minimum Gasteiger partial charge on any atom is -0.468 e. The summed E-state index contributed by atoms with van der Waals surface area (Å²) in [5.41, 5.74) is 3.00. The van der Waals surface area contributed by atoms with Crippen LogP contribution in [-0.4, -0.2) is 42.9 Å². The lowest BCUT2D eigenvalue weighted by atomic mass is 9.93. The summed E-state index contributed by atoms with van der Waals surface area (Å²) in [6, 6.07) is 12.6. The molecule has 1 fully saturated rings. The van der Waals surface area contributed by atoms with Crippen molar-refractivity contribution >= 4 is 5.96 Å². The van der Waals surface area contributed by atoms with E-state index in [-0.39, 0.29) is 0 Å². The number of rotatable bonds is 6. The van der Waals surface area contributed by atoms with Gasteiger partial charge in [0.2, 0.25) is 0 Å². The molecule has 0 atom stereocenters. The Labute approximate surface area is 163 Å². The van der Waals surface area contributed by atoms with E-state index in [0.717, 1.165) is 44.4 Å². The van der Waals surface area contributed by atoms with Gasteiger partial charge in [-0.1, -0.05) is 38.1 Å². The molecular formula is C22H32N4O. The third-order valence-electron chi connectivity index (χ3n) is 5.19. The quantitative estimate of drug-likeness (QED) is 0.623. The first-order chi connectivity index (χ1) is 13.0. The molecule has 0 unspecified atom stereocenters. The average Bonchev–Trinajstić information content (AvgIpc) is 3.26. The van der Waals surface area contributed by atoms with Gasteiger partial charge in [-0.25, -0.2) is 0 Å². The molecule has 0 radical (unpaired) electrons. The molecule has 0 aliphatic carbocycles. The van der Waals surface area contributed by atoms with E-state index in [2.05, 4.69) is 65.3 Å². The zero-order valence-electron chi connectivity index (χ0n) is 17.0. The lowest BCUT2D eigenvalue weighted by Gasteiger charge is -2.24. The normalized spacial score (nSPS) is 16.9. The van der Waals surface area contributed by atoms with Crippen LogP contribution in [0.5, 0.6) is 0 Å². The highest BCUT2D eigenvalue weighted by Crippen LogP contribution is 2.28. The molecule has 1 aliphatic rings. The van der Waals surface area contributed by atoms with Gasteiger partial charge in [0.05, 0.1) is 12.8 Å². The predicted octanol–water partition coefficient (Wildman–Crippen LogP) is 3.72. The molecule has 1 aromatic carbocycles. The van der Waals surface area contributed by atoms with E-state index >= 15 is 0 Å². The molecule has 146 valence electrons. The van der Waals surface area contributed by atoms with Crippen LogP contribution in [0.1, 0.15) is 37.2 Å². The van der Waals surface area contributed by atoms with Gasteiger partial charge in [0.1, 0.15) is 5.76 Å². The van der Waals surface area contributed by atoms with Crippen LogP contribution >= 0.6 is 0 Å². The Morgan fingerprint density at radius 3 is 2.59 bits per heavy atom. The second-order valence-electron chi connectivity index (χ2n) is 8.26. The van der Waals surface area contributed by atoms with Crippen LogP contribution in [0, 0.1) is 5.41 Å². The van der Waals surface area contributed by atoms with Gasteiger partial charge in [0, 0.05) is 33.2 Å². The fourth-order valence-corrected chi connectivity index (χ4v) is 3.70. The Kier molecular flexibility index (Phi) is 6.22. The largest absolute Gasteiger partial charge is 0.468 e. The van der Waals surface area contributed by atoms with Crippen molar-refractivity contribution < 1.29 is 4.42 Å². The van der Waals surface area contributed by atoms with Gasteiger partial charge in [0.15, 0.2) is 5.96 Å². The molecule has 0 saturated carbocycles. The Morgan fingerprint density at radius 1 is 1.19 bits per heavy atom. The van der Waals surface area contributed by atoms with Gasteiger partial charge in [0.25, 0.3) is 0 Å². The first-order valence-electron chi connectivity index (χ1n) is 9.70. The summed E-state index contributed by atoms with van der Waals surface area (Å²) in [6.45, 7) is 9.25. The SMILES string of the molecule is CN=C(NCc1ccccc1CN(C)Cc1ccco1)N1CCC(C)(C)C1. The minimum absolute atomic E-state index is 0.365. The van der Waals surface area contributed by atoms with Crippen LogP contribution in [0.25, 0.3) is 0 Å². The molecule has 0 spiro atoms. The van der Waals surface area contributed by atoms with Crippen LogP contribution in [0.3, 0.4) is 0 Å². The van der Waals surface area contributed by atoms with E-state index in [4.69, 9.17) is 4.42 Å². The monoisotopic (exact) mass is 368 g/mol. The van der Waals surface area contributed by atoms with Gasteiger partial charge >= 0.3 is 0 Å². The summed E-state index contributed by atoms with van der Waals surface area (Å²) in [5, 5.41) is 3.56. The van der Waals surface area contributed by atoms with Crippen molar-refractivity contribution in [3.8, 4) is 0 Å². The molecule has 3 rings (SSSR count). The van der Waals surface area contributed by atoms with E-state index in [0.29, 0.717) is 5.41 Å². The van der Waals surface area contributed by atoms with Crippen LogP contribution in [0.4, 0.5) is 0 Å². The lowest BCUT2D eigenvalue weighted by molar-refractivity contribution is 0.287. The maximum atomic E-state index is 5.46. The molecule has 2 heterocycles. The maximum Gasteiger partial charge on any atom is 0.193 e. The molecule has 2 aromatic rings. The second-order valence-corrected chi connectivity index (χ2v) is 8.26. The van der Waals surface area contributed by atoms with Crippen LogP contribution in [0.2, 0.25) is 0 Å². The number of aliphatic imine (C=N–C) groups is 1. The Hall–Kier alpha value is -2.27. The van der Waals surface area contributed by atoms with Crippen molar-refractivity contribution in [3.63, 3.8) is 0 Å². The van der Waals surface area contributed by atoms with Gasteiger partial charge in [-0.05, 0) is 42.1 Å². The number of furan rings is 1. The van der Waals surface area contributed by atoms with Crippen molar-refractivity contribution in [2.24, 2.45) is 10.4 Å². The summed E-state index contributed by atoms with van der Waals surface area (Å²) in [6.07, 6.45) is 2.94. The lowest BCUT2D eigenvalue weighted by Crippen LogP contribution is -2.40. The van der Waals surface area contributed by atoms with Crippen molar-refractivity contribution in [2.75, 3.05) is 27.2 Å². The van der Waals surface area contributed by atoms with Crippen LogP contribution in [-0.2, 0) is 19.6 Å². The number of hydrogen-bond acceptors (Lipinski definition) is 3. The Morgan fingerprint density at radius 2 is 1.96 bits per heavy atom. The van der Waals surface area contributed by atoms with Crippen molar-refractivity contribution in [2.45, 2.75) is 39.9 Å². The smallest absolute Gasteiger partial charge is 0.193 e. The van der Waals surface area contributed by atoms with E-state index in [1.165, 1.54) is 17.5 Å². The van der Waals surface area contributed by atoms with Crippen LogP contribution in [0.15, 0.2) is 52.1 Å². The number of nitrogens with zero attached hydrogens (tertiary/aromatic N) is 3. The molecule has 0 amide bonds. The summed E-state index contributed by atoms with van der Waals surface area (Å²) in [7, 11) is 3.99. The highest BCUT2D eigenvalue weighted by Gasteiger charge is 2.30. The Balaban J connectivity index is 1.60. The molecular weight excluding hydrogens is 336 g/mol. The zero-order chi connectivity index (χ0) is 19.3. The number of hydrogen-bond donors (Lipinski definition) is 1. The first-order valence-corrected chi connectivity index (χ1v) is 9.70. The molecule has 1 aromatic heterocycles. The zero-order valence-corrected chi connectivity index (χ0v) is 17.0. The molecule has 5 nitrogen and oxygen atoms in total. The van der Waals surface area contributed by atoms with Gasteiger partial charge in [-0.3, -0.25) is 9.89 Å². The molecule has 1 N–H and O–H groups in total. The topological polar surface area (TPSA) is 44.0 Å². The number of likely N-dealkylation sites (tertiary alicyclic amines) is 1. The minimum atomic E-state index is 0.365. The standard InChI is InChI=1S/C22H32N4O/c1-22(2)11-12-26(17-22)21(23-3)24-14-18-8-5-6-9-19(18)15-25(4)16-20-10-7-13-27-20/h5-10,13H,11-12,14-17H2,1-4H3,(H,23,24). The highest BCUT2D eigenvalue weighted by atomic mass is 16.3. The van der Waals surface area contributed by atoms with Crippen molar-refractivity contribution in [1.82, 2.24) is 15.1 Å². The predicted molar refractivity (Wildman–Crippen MR) is 110 cm³/mol. The molecule has 1 aliphatic heterocycles. The third-order valence-corrected chi connectivity index (χ3v) is 5.19. The van der Waals surface area contributed by atoms with Gasteiger partial charge in [-0.2, -0.15) is 0 Å². The molecule has 27 heavy (non-hydrogen) atoms. The third kappa shape index (κ3) is 5.36. The van der Waals surface area contributed by atoms with Crippen molar-refractivity contribution in [3.05, 3.63) is 59.5 Å². The number of benzene rings is 1. The van der Waals surface area contributed by atoms with Crippen LogP contribution < -0.4 is 5.32 Å². The van der Waals surface area contributed by atoms with E-state index in [1.807, 2.05) is 19.2 Å². The summed E-state index contributed by atoms with van der Waals surface area (Å²) in [5.74, 6) is 1.99. The first kappa shape index (κ1) is 19.5. The highest BCUT2D eigenvalue weighted by molar-refractivity contribution is 5.80. The Bertz CT molecular complexity index is 751. The molecule has 0 bridgehead atoms. The fourth-order valence-electron chi connectivity index (χ4n) is 3.70.